The molecule has 0 aliphatic carbocycles. The number of aromatic amines is 1. The second kappa shape index (κ2) is 7.26. The molecule has 1 fully saturated rings. The summed E-state index contributed by atoms with van der Waals surface area (Å²) in [4.78, 5) is 27.9. The normalized spacial score (nSPS) is 18.4. The van der Waals surface area contributed by atoms with Gasteiger partial charge in [-0.1, -0.05) is 13.3 Å². The van der Waals surface area contributed by atoms with Crippen molar-refractivity contribution >= 4 is 5.91 Å². The van der Waals surface area contributed by atoms with Crippen LogP contribution < -0.4 is 10.9 Å². The summed E-state index contributed by atoms with van der Waals surface area (Å²) in [5.41, 5.74) is -0.230. The number of amides is 1. The van der Waals surface area contributed by atoms with E-state index < -0.39 is 5.56 Å². The summed E-state index contributed by atoms with van der Waals surface area (Å²) in [5, 5.41) is 12.9. The van der Waals surface area contributed by atoms with E-state index in [0.29, 0.717) is 19.1 Å². The SMILES string of the molecule is CCCN(CC1CCCCN1)C(=O)c1cc(O)[nH]c(=O)c1. The van der Waals surface area contributed by atoms with E-state index in [1.165, 1.54) is 25.0 Å². The number of rotatable bonds is 5. The van der Waals surface area contributed by atoms with Gasteiger partial charge in [-0.2, -0.15) is 0 Å². The highest BCUT2D eigenvalue weighted by molar-refractivity contribution is 5.94. The molecule has 0 aromatic carbocycles. The number of nitrogens with zero attached hydrogens (tertiary/aromatic N) is 1. The Morgan fingerprint density at radius 3 is 2.86 bits per heavy atom. The van der Waals surface area contributed by atoms with Gasteiger partial charge in [-0.25, -0.2) is 0 Å². The molecule has 0 radical (unpaired) electrons. The van der Waals surface area contributed by atoms with Crippen molar-refractivity contribution in [3.63, 3.8) is 0 Å². The number of pyridine rings is 1. The summed E-state index contributed by atoms with van der Waals surface area (Å²) in [6.07, 6.45) is 4.28. The predicted octanol–water partition coefficient (Wildman–Crippen LogP) is 1.07. The zero-order chi connectivity index (χ0) is 15.2. The minimum absolute atomic E-state index is 0.203. The highest BCUT2D eigenvalue weighted by Crippen LogP contribution is 2.13. The number of piperidine rings is 1. The van der Waals surface area contributed by atoms with Crippen molar-refractivity contribution in [3.8, 4) is 5.88 Å². The van der Waals surface area contributed by atoms with Gasteiger partial charge in [0.1, 0.15) is 0 Å². The topological polar surface area (TPSA) is 85.4 Å². The van der Waals surface area contributed by atoms with Crippen LogP contribution in [-0.2, 0) is 0 Å². The van der Waals surface area contributed by atoms with E-state index in [1.54, 1.807) is 4.90 Å². The number of carbonyl (C=O) groups is 1. The van der Waals surface area contributed by atoms with Crippen molar-refractivity contribution in [1.82, 2.24) is 15.2 Å². The molecule has 1 aromatic heterocycles. The fourth-order valence-electron chi connectivity index (χ4n) is 2.73. The molecule has 1 saturated heterocycles. The lowest BCUT2D eigenvalue weighted by molar-refractivity contribution is 0.0731. The van der Waals surface area contributed by atoms with E-state index in [9.17, 15) is 14.7 Å². The fraction of sp³-hybridized carbons (Fsp3) is 0.600. The highest BCUT2D eigenvalue weighted by Gasteiger charge is 2.21. The molecule has 6 heteroatoms. The van der Waals surface area contributed by atoms with E-state index in [0.717, 1.165) is 19.4 Å². The van der Waals surface area contributed by atoms with Crippen LogP contribution in [0.4, 0.5) is 0 Å². The second-order valence-electron chi connectivity index (χ2n) is 5.52. The molecule has 21 heavy (non-hydrogen) atoms. The third kappa shape index (κ3) is 4.32. The summed E-state index contributed by atoms with van der Waals surface area (Å²) in [6, 6.07) is 2.85. The smallest absolute Gasteiger partial charge is 0.254 e. The van der Waals surface area contributed by atoms with Gasteiger partial charge in [-0.3, -0.25) is 14.6 Å². The van der Waals surface area contributed by atoms with Gasteiger partial charge >= 0.3 is 0 Å². The Morgan fingerprint density at radius 1 is 1.43 bits per heavy atom. The number of carbonyl (C=O) groups excluding carboxylic acids is 1. The lowest BCUT2D eigenvalue weighted by Gasteiger charge is -2.30. The van der Waals surface area contributed by atoms with Crippen molar-refractivity contribution in [1.29, 1.82) is 0 Å². The van der Waals surface area contributed by atoms with Gasteiger partial charge in [0.2, 0.25) is 0 Å². The molecule has 0 saturated carbocycles. The minimum Gasteiger partial charge on any atom is -0.494 e. The summed E-state index contributed by atoms with van der Waals surface area (Å²) in [6.45, 7) is 4.29. The first kappa shape index (κ1) is 15.6. The Bertz CT molecular complexity index is 535. The van der Waals surface area contributed by atoms with Gasteiger partial charge in [-0.15, -0.1) is 0 Å². The number of aromatic hydroxyl groups is 1. The lowest BCUT2D eigenvalue weighted by atomic mass is 10.0. The quantitative estimate of drug-likeness (QED) is 0.758. The van der Waals surface area contributed by atoms with Gasteiger partial charge < -0.3 is 15.3 Å². The van der Waals surface area contributed by atoms with Crippen LogP contribution in [0.3, 0.4) is 0 Å². The first-order valence-corrected chi connectivity index (χ1v) is 7.56. The third-order valence-electron chi connectivity index (χ3n) is 3.71. The maximum absolute atomic E-state index is 12.5. The van der Waals surface area contributed by atoms with Crippen LogP contribution in [0.5, 0.6) is 5.88 Å². The van der Waals surface area contributed by atoms with Crippen LogP contribution in [0.1, 0.15) is 43.0 Å². The summed E-state index contributed by atoms with van der Waals surface area (Å²) in [7, 11) is 0. The van der Waals surface area contributed by atoms with Gasteiger partial charge in [0.05, 0.1) is 5.56 Å². The minimum atomic E-state index is -0.467. The monoisotopic (exact) mass is 293 g/mol. The van der Waals surface area contributed by atoms with E-state index in [-0.39, 0.29) is 17.4 Å². The van der Waals surface area contributed by atoms with Crippen LogP contribution in [-0.4, -0.2) is 46.6 Å². The van der Waals surface area contributed by atoms with Crippen molar-refractivity contribution in [2.45, 2.75) is 38.6 Å². The Labute approximate surface area is 124 Å². The van der Waals surface area contributed by atoms with E-state index in [1.807, 2.05) is 6.92 Å². The number of nitrogens with one attached hydrogen (secondary N) is 2. The maximum Gasteiger partial charge on any atom is 0.254 e. The number of aromatic nitrogens is 1. The van der Waals surface area contributed by atoms with Gasteiger partial charge in [0.25, 0.3) is 11.5 Å². The lowest BCUT2D eigenvalue weighted by Crippen LogP contribution is -2.46. The highest BCUT2D eigenvalue weighted by atomic mass is 16.3. The van der Waals surface area contributed by atoms with E-state index >= 15 is 0 Å². The van der Waals surface area contributed by atoms with Crippen molar-refractivity contribution < 1.29 is 9.90 Å². The summed E-state index contributed by atoms with van der Waals surface area (Å²) < 4.78 is 0. The molecule has 2 heterocycles. The molecule has 1 aliphatic heterocycles. The van der Waals surface area contributed by atoms with Crippen LogP contribution in [0, 0.1) is 0 Å². The Hall–Kier alpha value is -1.82. The van der Waals surface area contributed by atoms with Crippen molar-refractivity contribution in [2.24, 2.45) is 0 Å². The van der Waals surface area contributed by atoms with Crippen LogP contribution in [0.2, 0.25) is 0 Å². The third-order valence-corrected chi connectivity index (χ3v) is 3.71. The molecule has 1 aliphatic rings. The van der Waals surface area contributed by atoms with Crippen LogP contribution in [0.25, 0.3) is 0 Å². The zero-order valence-electron chi connectivity index (χ0n) is 12.4. The number of hydrogen-bond donors (Lipinski definition) is 3. The summed E-state index contributed by atoms with van der Waals surface area (Å²) >= 11 is 0. The molecule has 0 spiro atoms. The van der Waals surface area contributed by atoms with E-state index in [4.69, 9.17) is 0 Å². The Morgan fingerprint density at radius 2 is 2.24 bits per heavy atom. The van der Waals surface area contributed by atoms with Gasteiger partial charge in [0.15, 0.2) is 5.88 Å². The summed E-state index contributed by atoms with van der Waals surface area (Å²) in [5.74, 6) is -0.483. The van der Waals surface area contributed by atoms with Crippen LogP contribution >= 0.6 is 0 Å². The molecular weight excluding hydrogens is 270 g/mol. The zero-order valence-corrected chi connectivity index (χ0v) is 12.4. The molecule has 2 rings (SSSR count). The van der Waals surface area contributed by atoms with Crippen molar-refractivity contribution in [3.05, 3.63) is 28.0 Å². The molecular formula is C15H23N3O3. The molecule has 0 bridgehead atoms. The molecule has 6 nitrogen and oxygen atoms in total. The Balaban J connectivity index is 2.12. The number of hydrogen-bond acceptors (Lipinski definition) is 4. The average Bonchev–Trinajstić information content (AvgIpc) is 2.46. The molecule has 1 aromatic rings. The first-order chi connectivity index (χ1) is 10.1. The van der Waals surface area contributed by atoms with E-state index in [2.05, 4.69) is 10.3 Å². The average molecular weight is 293 g/mol. The van der Waals surface area contributed by atoms with Gasteiger partial charge in [-0.05, 0) is 25.8 Å². The molecule has 3 N–H and O–H groups in total. The number of H-pyrrole nitrogens is 1. The largest absolute Gasteiger partial charge is 0.494 e. The molecule has 1 atom stereocenters. The Kier molecular flexibility index (Phi) is 5.38. The second-order valence-corrected chi connectivity index (χ2v) is 5.52. The maximum atomic E-state index is 12.5. The molecule has 1 unspecified atom stereocenters. The predicted molar refractivity (Wildman–Crippen MR) is 80.6 cm³/mol. The van der Waals surface area contributed by atoms with Crippen LogP contribution in [0.15, 0.2) is 16.9 Å². The fourth-order valence-corrected chi connectivity index (χ4v) is 2.73. The molecule has 116 valence electrons. The first-order valence-electron chi connectivity index (χ1n) is 7.56. The standard InChI is InChI=1S/C15H23N3O3/c1-2-7-18(10-12-5-3-4-6-16-12)15(21)11-8-13(19)17-14(20)9-11/h8-9,12,16H,2-7,10H2,1H3,(H2,17,19,20). The molecule has 1 amide bonds. The van der Waals surface area contributed by atoms with Gasteiger partial charge in [0, 0.05) is 31.3 Å². The van der Waals surface area contributed by atoms with Crippen molar-refractivity contribution in [2.75, 3.05) is 19.6 Å².